The molecule has 0 heterocycles. The number of anilines is 2. The van der Waals surface area contributed by atoms with E-state index in [4.69, 9.17) is 0 Å². The normalized spacial score (nSPS) is 9.96. The Morgan fingerprint density at radius 1 is 1.04 bits per heavy atom. The lowest BCUT2D eigenvalue weighted by atomic mass is 10.0. The van der Waals surface area contributed by atoms with E-state index in [1.54, 1.807) is 37.3 Å². The zero-order valence-corrected chi connectivity index (χ0v) is 16.2. The fourth-order valence-electron chi connectivity index (χ4n) is 2.32. The molecule has 0 aliphatic carbocycles. The maximum atomic E-state index is 12.7. The molecule has 4 amide bonds. The Morgan fingerprint density at radius 3 is 2.32 bits per heavy atom. The first kappa shape index (κ1) is 21.0. The molecule has 0 fully saturated rings. The van der Waals surface area contributed by atoms with Gasteiger partial charge in [-0.3, -0.25) is 9.59 Å². The minimum absolute atomic E-state index is 0.0872. The molecule has 28 heavy (non-hydrogen) atoms. The second-order valence-corrected chi connectivity index (χ2v) is 5.97. The molecule has 8 nitrogen and oxygen atoms in total. The number of nitrogens with zero attached hydrogens (tertiary/aromatic N) is 1. The molecule has 2 aromatic carbocycles. The van der Waals surface area contributed by atoms with Gasteiger partial charge in [-0.1, -0.05) is 43.1 Å². The summed E-state index contributed by atoms with van der Waals surface area (Å²) in [5.41, 5.74) is 1.09. The summed E-state index contributed by atoms with van der Waals surface area (Å²) in [6.45, 7) is 2.98. The molecule has 0 atom stereocenters. The Hall–Kier alpha value is -3.33. The Balaban J connectivity index is 2.38. The highest BCUT2D eigenvalue weighted by Crippen LogP contribution is 2.30. The van der Waals surface area contributed by atoms with Gasteiger partial charge in [-0.15, -0.1) is 0 Å². The summed E-state index contributed by atoms with van der Waals surface area (Å²) < 4.78 is 5.47. The molecular formula is C19H19N3O5S. The van der Waals surface area contributed by atoms with Crippen molar-refractivity contribution in [2.24, 2.45) is 0 Å². The summed E-state index contributed by atoms with van der Waals surface area (Å²) in [6.07, 6.45) is -0.941. The first-order valence-corrected chi connectivity index (χ1v) is 8.71. The van der Waals surface area contributed by atoms with Crippen LogP contribution in [0.2, 0.25) is 0 Å². The molecule has 9 heteroatoms. The van der Waals surface area contributed by atoms with Crippen molar-refractivity contribution in [3.63, 3.8) is 0 Å². The molecule has 2 N–H and O–H groups in total. The third-order valence-electron chi connectivity index (χ3n) is 3.51. The molecule has 0 aromatic heterocycles. The topological polar surface area (TPSA) is 105 Å². The molecule has 2 rings (SSSR count). The minimum Gasteiger partial charge on any atom is -0.450 e. The number of alkyl carbamates (subject to hydrolysis) is 1. The number of benzene rings is 2. The maximum absolute atomic E-state index is 12.7. The van der Waals surface area contributed by atoms with E-state index in [2.05, 4.69) is 22.9 Å². The van der Waals surface area contributed by atoms with Crippen molar-refractivity contribution >= 4 is 48.0 Å². The van der Waals surface area contributed by atoms with E-state index in [0.717, 1.165) is 4.31 Å². The van der Waals surface area contributed by atoms with Gasteiger partial charge in [0.25, 0.3) is 0 Å². The minimum atomic E-state index is -0.941. The molecular weight excluding hydrogens is 382 g/mol. The second-order valence-electron chi connectivity index (χ2n) is 5.57. The van der Waals surface area contributed by atoms with Gasteiger partial charge in [0.2, 0.25) is 5.91 Å². The number of urea groups is 1. The van der Waals surface area contributed by atoms with Gasteiger partial charge in [0.1, 0.15) is 0 Å². The van der Waals surface area contributed by atoms with Gasteiger partial charge in [-0.2, -0.15) is 0 Å². The lowest BCUT2D eigenvalue weighted by molar-refractivity contribution is -0.114. The predicted octanol–water partition coefficient (Wildman–Crippen LogP) is 3.39. The van der Waals surface area contributed by atoms with Gasteiger partial charge in [-0.25, -0.2) is 19.2 Å². The van der Waals surface area contributed by atoms with Crippen LogP contribution in [0, 0.1) is 0 Å². The number of hydrogen-bond donors (Lipinski definition) is 3. The maximum Gasteiger partial charge on any atom is 0.415 e. The Kier molecular flexibility index (Phi) is 7.16. The van der Waals surface area contributed by atoms with Crippen LogP contribution >= 0.6 is 12.8 Å². The molecule has 0 unspecified atom stereocenters. The average molecular weight is 401 g/mol. The van der Waals surface area contributed by atoms with Crippen molar-refractivity contribution in [2.45, 2.75) is 13.8 Å². The number of ether oxygens (including phenoxy) is 1. The highest BCUT2D eigenvalue weighted by atomic mass is 32.1. The van der Waals surface area contributed by atoms with Crippen LogP contribution in [-0.2, 0) is 9.53 Å². The number of amides is 4. The zero-order valence-electron chi connectivity index (χ0n) is 15.3. The third-order valence-corrected chi connectivity index (χ3v) is 3.91. The van der Waals surface area contributed by atoms with Gasteiger partial charge in [0, 0.05) is 18.1 Å². The highest BCUT2D eigenvalue weighted by Gasteiger charge is 2.21. The summed E-state index contributed by atoms with van der Waals surface area (Å²) in [4.78, 5) is 47.9. The van der Waals surface area contributed by atoms with E-state index in [1.807, 2.05) is 5.32 Å². The molecule has 0 aliphatic heterocycles. The number of imide groups is 1. The lowest BCUT2D eigenvalue weighted by Crippen LogP contribution is -2.39. The van der Waals surface area contributed by atoms with E-state index >= 15 is 0 Å². The van der Waals surface area contributed by atoms with Crippen LogP contribution in [0.25, 0.3) is 0 Å². The van der Waals surface area contributed by atoms with Crippen LogP contribution in [-0.4, -0.2) is 30.4 Å². The first-order valence-electron chi connectivity index (χ1n) is 8.31. The number of nitrogens with one attached hydrogen (secondary N) is 2. The van der Waals surface area contributed by atoms with Gasteiger partial charge in [0.15, 0.2) is 5.78 Å². The number of carbonyl (C=O) groups is 4. The molecule has 0 saturated heterocycles. The quantitative estimate of drug-likeness (QED) is 0.526. The van der Waals surface area contributed by atoms with Crippen molar-refractivity contribution in [3.8, 4) is 0 Å². The predicted molar refractivity (Wildman–Crippen MR) is 108 cm³/mol. The summed E-state index contributed by atoms with van der Waals surface area (Å²) in [6, 6.07) is 12.1. The van der Waals surface area contributed by atoms with Crippen LogP contribution in [0.5, 0.6) is 0 Å². The van der Waals surface area contributed by atoms with Crippen molar-refractivity contribution < 1.29 is 23.9 Å². The van der Waals surface area contributed by atoms with E-state index < -0.39 is 12.1 Å². The molecule has 0 saturated carbocycles. The smallest absolute Gasteiger partial charge is 0.415 e. The third kappa shape index (κ3) is 5.34. The molecule has 146 valence electrons. The average Bonchev–Trinajstić information content (AvgIpc) is 2.67. The number of carbonyl (C=O) groups excluding carboxylic acids is 4. The molecule has 2 aromatic rings. The van der Waals surface area contributed by atoms with E-state index in [0.29, 0.717) is 5.56 Å². The Morgan fingerprint density at radius 2 is 1.71 bits per heavy atom. The van der Waals surface area contributed by atoms with Crippen LogP contribution in [0.1, 0.15) is 29.8 Å². The number of hydrogen-bond acceptors (Lipinski definition) is 6. The van der Waals surface area contributed by atoms with Crippen LogP contribution in [0.15, 0.2) is 48.5 Å². The zero-order chi connectivity index (χ0) is 20.7. The largest absolute Gasteiger partial charge is 0.450 e. The highest BCUT2D eigenvalue weighted by molar-refractivity contribution is 7.82. The van der Waals surface area contributed by atoms with Crippen molar-refractivity contribution in [3.05, 3.63) is 59.7 Å². The number of thiol groups is 1. The van der Waals surface area contributed by atoms with Crippen molar-refractivity contribution in [2.75, 3.05) is 16.2 Å². The van der Waals surface area contributed by atoms with E-state index in [9.17, 15) is 19.2 Å². The molecule has 0 bridgehead atoms. The summed E-state index contributed by atoms with van der Waals surface area (Å²) >= 11 is 4.10. The Bertz CT molecular complexity index is 902. The lowest BCUT2D eigenvalue weighted by Gasteiger charge is -2.20. The van der Waals surface area contributed by atoms with Crippen LogP contribution in [0.3, 0.4) is 0 Å². The van der Waals surface area contributed by atoms with Crippen molar-refractivity contribution in [1.29, 1.82) is 0 Å². The van der Waals surface area contributed by atoms with Gasteiger partial charge in [0.05, 0.1) is 18.0 Å². The van der Waals surface area contributed by atoms with Crippen LogP contribution in [0.4, 0.5) is 21.0 Å². The standard InChI is InChI=1S/C19H19N3O5S/c1-3-27-19(26)21-18(25)22(28)16-11-14(9-10-15(16)20-12(2)23)17(24)13-7-5-4-6-8-13/h4-11,28H,3H2,1-2H3,(H,20,23)(H,21,25,26). The molecule has 0 aliphatic rings. The summed E-state index contributed by atoms with van der Waals surface area (Å²) in [5, 5.41) is 4.55. The summed E-state index contributed by atoms with van der Waals surface area (Å²) in [7, 11) is 0. The van der Waals surface area contributed by atoms with Gasteiger partial charge in [-0.05, 0) is 25.1 Å². The van der Waals surface area contributed by atoms with E-state index in [1.165, 1.54) is 25.1 Å². The number of rotatable bonds is 5. The van der Waals surface area contributed by atoms with Crippen LogP contribution < -0.4 is 14.9 Å². The molecule has 0 spiro atoms. The SMILES string of the molecule is CCOC(=O)NC(=O)N(S)c1cc(C(=O)c2ccccc2)ccc1NC(C)=O. The summed E-state index contributed by atoms with van der Waals surface area (Å²) in [5.74, 6) is -0.653. The fourth-order valence-corrected chi connectivity index (χ4v) is 2.53. The van der Waals surface area contributed by atoms with Crippen molar-refractivity contribution in [1.82, 2.24) is 5.32 Å². The fraction of sp³-hybridized carbons (Fsp3) is 0.158. The van der Waals surface area contributed by atoms with E-state index in [-0.39, 0.29) is 35.2 Å². The van der Waals surface area contributed by atoms with Gasteiger partial charge >= 0.3 is 12.1 Å². The monoisotopic (exact) mass is 401 g/mol. The van der Waals surface area contributed by atoms with Gasteiger partial charge < -0.3 is 10.1 Å². The number of ketones is 1. The Labute approximate surface area is 167 Å². The molecule has 0 radical (unpaired) electrons. The second kappa shape index (κ2) is 9.56. The first-order chi connectivity index (χ1) is 13.3.